The molecule has 1 heterocycles. The van der Waals surface area contributed by atoms with Crippen molar-refractivity contribution < 1.29 is 14.7 Å². The minimum Gasteiger partial charge on any atom is -0.507 e. The molecule has 1 saturated carbocycles. The van der Waals surface area contributed by atoms with E-state index in [-0.39, 0.29) is 41.2 Å². The largest absolute Gasteiger partial charge is 0.507 e. The average Bonchev–Trinajstić information content (AvgIpc) is 3.16. The zero-order valence-corrected chi connectivity index (χ0v) is 13.1. The van der Waals surface area contributed by atoms with Gasteiger partial charge in [0, 0.05) is 10.0 Å². The van der Waals surface area contributed by atoms with E-state index >= 15 is 0 Å². The number of imide groups is 1. The van der Waals surface area contributed by atoms with E-state index in [0.29, 0.717) is 5.56 Å². The number of fused-ring (bicyclic) bond motifs is 5. The number of benzene rings is 1. The Labute approximate surface area is 135 Å². The lowest BCUT2D eigenvalue weighted by Crippen LogP contribution is -2.28. The smallest absolute Gasteiger partial charge is 0.254 e. The highest BCUT2D eigenvalue weighted by Gasteiger charge is 2.59. The Bertz CT molecular complexity index is 713. The number of phenolic OH excluding ortho intramolecular Hbond substituents is 1. The number of hydrogen-bond donors (Lipinski definition) is 1. The fourth-order valence-corrected chi connectivity index (χ4v) is 4.13. The van der Waals surface area contributed by atoms with Crippen LogP contribution in [0.1, 0.15) is 12.0 Å². The van der Waals surface area contributed by atoms with Crippen molar-refractivity contribution in [3.63, 3.8) is 0 Å². The zero-order chi connectivity index (χ0) is 15.4. The van der Waals surface area contributed by atoms with Crippen LogP contribution in [-0.2, 0) is 9.59 Å². The molecule has 0 aromatic heterocycles. The molecule has 112 valence electrons. The van der Waals surface area contributed by atoms with Crippen LogP contribution in [0.4, 0.5) is 0 Å². The second-order valence-electron chi connectivity index (χ2n) is 5.94. The first-order valence-corrected chi connectivity index (χ1v) is 7.94. The van der Waals surface area contributed by atoms with Crippen LogP contribution in [0.2, 0.25) is 0 Å². The van der Waals surface area contributed by atoms with Crippen LogP contribution in [0.15, 0.2) is 39.9 Å². The first kappa shape index (κ1) is 13.7. The van der Waals surface area contributed by atoms with Gasteiger partial charge in [0.05, 0.1) is 18.1 Å². The summed E-state index contributed by atoms with van der Waals surface area (Å²) in [5.74, 6) is -0.563. The molecule has 3 aliphatic rings. The zero-order valence-electron chi connectivity index (χ0n) is 11.5. The molecule has 0 spiro atoms. The second kappa shape index (κ2) is 4.78. The van der Waals surface area contributed by atoms with Gasteiger partial charge in [0.25, 0.3) is 11.8 Å². The summed E-state index contributed by atoms with van der Waals surface area (Å²) in [5.41, 5.74) is 0.452. The van der Waals surface area contributed by atoms with E-state index in [1.165, 1.54) is 12.3 Å². The predicted octanol–water partition coefficient (Wildman–Crippen LogP) is 2.30. The van der Waals surface area contributed by atoms with Crippen LogP contribution in [-0.4, -0.2) is 28.1 Å². The van der Waals surface area contributed by atoms with E-state index in [1.54, 1.807) is 12.1 Å². The molecule has 4 atom stereocenters. The summed E-state index contributed by atoms with van der Waals surface area (Å²) in [6.07, 6.45) is 6.35. The van der Waals surface area contributed by atoms with E-state index in [4.69, 9.17) is 0 Å². The number of rotatable bonds is 2. The number of halogens is 1. The van der Waals surface area contributed by atoms with E-state index in [9.17, 15) is 14.7 Å². The van der Waals surface area contributed by atoms with Crippen molar-refractivity contribution in [2.75, 3.05) is 0 Å². The first-order valence-electron chi connectivity index (χ1n) is 7.15. The van der Waals surface area contributed by atoms with Gasteiger partial charge in [-0.05, 0) is 36.5 Å². The third kappa shape index (κ3) is 1.86. The fourth-order valence-electron chi connectivity index (χ4n) is 3.75. The average molecular weight is 361 g/mol. The Hall–Kier alpha value is -1.95. The number of allylic oxidation sites excluding steroid dienone is 2. The Morgan fingerprint density at radius 1 is 1.18 bits per heavy atom. The van der Waals surface area contributed by atoms with Gasteiger partial charge in [0.1, 0.15) is 5.75 Å². The van der Waals surface area contributed by atoms with Crippen molar-refractivity contribution in [1.29, 1.82) is 0 Å². The van der Waals surface area contributed by atoms with Crippen LogP contribution < -0.4 is 0 Å². The molecule has 4 unspecified atom stereocenters. The summed E-state index contributed by atoms with van der Waals surface area (Å²) >= 11 is 3.31. The van der Waals surface area contributed by atoms with E-state index in [1.807, 2.05) is 12.2 Å². The van der Waals surface area contributed by atoms with Crippen LogP contribution in [0.5, 0.6) is 5.75 Å². The lowest BCUT2D eigenvalue weighted by atomic mass is 9.85. The van der Waals surface area contributed by atoms with E-state index in [2.05, 4.69) is 21.0 Å². The van der Waals surface area contributed by atoms with Crippen LogP contribution in [0.25, 0.3) is 0 Å². The number of amides is 2. The van der Waals surface area contributed by atoms with Gasteiger partial charge in [-0.3, -0.25) is 9.59 Å². The molecule has 1 aromatic rings. The lowest BCUT2D eigenvalue weighted by molar-refractivity contribution is -0.140. The highest BCUT2D eigenvalue weighted by atomic mass is 79.9. The molecule has 2 bridgehead atoms. The number of aromatic hydroxyl groups is 1. The fraction of sp³-hybridized carbons (Fsp3) is 0.312. The van der Waals surface area contributed by atoms with Gasteiger partial charge in [-0.25, -0.2) is 0 Å². The number of nitrogens with zero attached hydrogens (tertiary/aromatic N) is 2. The van der Waals surface area contributed by atoms with Crippen LogP contribution in [0.3, 0.4) is 0 Å². The first-order chi connectivity index (χ1) is 10.6. The molecule has 4 rings (SSSR count). The van der Waals surface area contributed by atoms with Gasteiger partial charge in [-0.1, -0.05) is 28.1 Å². The summed E-state index contributed by atoms with van der Waals surface area (Å²) in [7, 11) is 0. The lowest BCUT2D eigenvalue weighted by Gasteiger charge is -2.13. The molecule has 6 heteroatoms. The van der Waals surface area contributed by atoms with Gasteiger partial charge in [-0.15, -0.1) is 0 Å². The number of phenols is 1. The summed E-state index contributed by atoms with van der Waals surface area (Å²) in [6.45, 7) is 0. The van der Waals surface area contributed by atoms with E-state index < -0.39 is 0 Å². The Morgan fingerprint density at radius 3 is 2.45 bits per heavy atom. The minimum absolute atomic E-state index is 0.0491. The molecule has 1 N–H and O–H groups in total. The SMILES string of the molecule is O=C1C2C3C=CC(C3)C2C(=O)N1N=Cc1cc(Br)ccc1O. The molecular weight excluding hydrogens is 348 g/mol. The molecule has 1 aliphatic heterocycles. The van der Waals surface area contributed by atoms with Gasteiger partial charge in [0.2, 0.25) is 0 Å². The minimum atomic E-state index is -0.254. The standard InChI is InChI=1S/C16H13BrN2O3/c17-11-3-4-12(20)10(6-11)7-18-19-15(21)13-8-1-2-9(5-8)14(13)16(19)22/h1-4,6-9,13-14,20H,5H2. The van der Waals surface area contributed by atoms with E-state index in [0.717, 1.165) is 15.9 Å². The van der Waals surface area contributed by atoms with Crippen molar-refractivity contribution >= 4 is 34.0 Å². The maximum absolute atomic E-state index is 12.4. The summed E-state index contributed by atoms with van der Waals surface area (Å²) in [6, 6.07) is 4.90. The van der Waals surface area contributed by atoms with Crippen molar-refractivity contribution in [1.82, 2.24) is 5.01 Å². The quantitative estimate of drug-likeness (QED) is 0.499. The Kier molecular flexibility index (Phi) is 2.97. The normalized spacial score (nSPS) is 32.5. The van der Waals surface area contributed by atoms with Gasteiger partial charge in [0.15, 0.2) is 0 Å². The summed E-state index contributed by atoms with van der Waals surface area (Å²) in [5, 5.41) is 14.8. The highest BCUT2D eigenvalue weighted by molar-refractivity contribution is 9.10. The Morgan fingerprint density at radius 2 is 1.82 bits per heavy atom. The topological polar surface area (TPSA) is 70.0 Å². The summed E-state index contributed by atoms with van der Waals surface area (Å²) in [4.78, 5) is 24.9. The third-order valence-electron chi connectivity index (χ3n) is 4.75. The molecule has 2 aliphatic carbocycles. The molecule has 1 aromatic carbocycles. The third-order valence-corrected chi connectivity index (χ3v) is 5.24. The molecule has 5 nitrogen and oxygen atoms in total. The number of hydrazone groups is 1. The molecule has 0 radical (unpaired) electrons. The molecular formula is C16H13BrN2O3. The maximum Gasteiger partial charge on any atom is 0.254 e. The molecule has 1 saturated heterocycles. The van der Waals surface area contributed by atoms with Crippen LogP contribution in [0, 0.1) is 23.7 Å². The van der Waals surface area contributed by atoms with Gasteiger partial charge >= 0.3 is 0 Å². The molecule has 2 amide bonds. The van der Waals surface area contributed by atoms with Crippen molar-refractivity contribution in [3.8, 4) is 5.75 Å². The highest BCUT2D eigenvalue weighted by Crippen LogP contribution is 2.52. The monoisotopic (exact) mass is 360 g/mol. The van der Waals surface area contributed by atoms with Crippen LogP contribution >= 0.6 is 15.9 Å². The van der Waals surface area contributed by atoms with Gasteiger partial charge < -0.3 is 5.11 Å². The number of carbonyl (C=O) groups excluding carboxylic acids is 2. The second-order valence-corrected chi connectivity index (χ2v) is 6.85. The predicted molar refractivity (Wildman–Crippen MR) is 83.0 cm³/mol. The summed E-state index contributed by atoms with van der Waals surface area (Å²) < 4.78 is 0.782. The Balaban J connectivity index is 1.62. The number of hydrogen-bond acceptors (Lipinski definition) is 4. The molecule has 2 fully saturated rings. The molecule has 22 heavy (non-hydrogen) atoms. The van der Waals surface area contributed by atoms with Crippen molar-refractivity contribution in [2.24, 2.45) is 28.8 Å². The maximum atomic E-state index is 12.4. The van der Waals surface area contributed by atoms with Crippen molar-refractivity contribution in [2.45, 2.75) is 6.42 Å². The van der Waals surface area contributed by atoms with Gasteiger partial charge in [-0.2, -0.15) is 10.1 Å². The van der Waals surface area contributed by atoms with Crippen molar-refractivity contribution in [3.05, 3.63) is 40.4 Å². The number of carbonyl (C=O) groups is 2.